The molecular weight excluding hydrogens is 286 g/mol. The second-order valence-corrected chi connectivity index (χ2v) is 4.44. The molecule has 3 rings (SSSR count). The van der Waals surface area contributed by atoms with Crippen LogP contribution >= 0.6 is 0 Å². The summed E-state index contributed by atoms with van der Waals surface area (Å²) in [5.74, 6) is 1.95. The summed E-state index contributed by atoms with van der Waals surface area (Å²) in [7, 11) is 0. The van der Waals surface area contributed by atoms with E-state index < -0.39 is 4.92 Å². The van der Waals surface area contributed by atoms with Crippen molar-refractivity contribution < 1.29 is 14.2 Å². The molecule has 1 radical (unpaired) electrons. The zero-order chi connectivity index (χ0) is 15.5. The molecule has 0 spiro atoms. The van der Waals surface area contributed by atoms with E-state index in [1.807, 2.05) is 6.07 Å². The zero-order valence-corrected chi connectivity index (χ0v) is 11.5. The Balaban J connectivity index is 1.82. The van der Waals surface area contributed by atoms with E-state index in [1.54, 1.807) is 25.1 Å². The molecule has 1 heterocycles. The van der Waals surface area contributed by atoms with Gasteiger partial charge in [0.1, 0.15) is 11.5 Å². The average Bonchev–Trinajstić information content (AvgIpc) is 2.95. The highest BCUT2D eigenvalue weighted by molar-refractivity contribution is 5.56. The maximum absolute atomic E-state index is 10.6. The lowest BCUT2D eigenvalue weighted by molar-refractivity contribution is -0.385. The van der Waals surface area contributed by atoms with Crippen LogP contribution < -0.4 is 4.74 Å². The topological polar surface area (TPSA) is 91.3 Å². The number of hydrogen-bond acceptors (Lipinski definition) is 6. The molecule has 3 aromatic rings. The quantitative estimate of drug-likeness (QED) is 0.540. The molecule has 0 fully saturated rings. The summed E-state index contributed by atoms with van der Waals surface area (Å²) in [6.07, 6.45) is 0. The lowest BCUT2D eigenvalue weighted by atomic mass is 10.2. The largest absolute Gasteiger partial charge is 0.457 e. The van der Waals surface area contributed by atoms with Gasteiger partial charge in [-0.05, 0) is 37.3 Å². The van der Waals surface area contributed by atoms with Crippen LogP contribution in [0.2, 0.25) is 0 Å². The molecule has 0 aliphatic rings. The number of nitro groups is 1. The Kier molecular flexibility index (Phi) is 3.53. The van der Waals surface area contributed by atoms with Gasteiger partial charge in [0.05, 0.1) is 11.0 Å². The number of nitrogens with zero attached hydrogens (tertiary/aromatic N) is 3. The van der Waals surface area contributed by atoms with Crippen molar-refractivity contribution in [2.45, 2.75) is 6.92 Å². The average molecular weight is 296 g/mol. The van der Waals surface area contributed by atoms with E-state index in [9.17, 15) is 10.1 Å². The van der Waals surface area contributed by atoms with E-state index in [1.165, 1.54) is 18.2 Å². The molecule has 0 aliphatic carbocycles. The van der Waals surface area contributed by atoms with Crippen molar-refractivity contribution in [1.82, 2.24) is 10.1 Å². The molecule has 0 N–H and O–H groups in total. The Morgan fingerprint density at radius 3 is 2.77 bits per heavy atom. The Hall–Kier alpha value is -3.22. The second kappa shape index (κ2) is 5.65. The van der Waals surface area contributed by atoms with Crippen molar-refractivity contribution in [3.8, 4) is 23.0 Å². The van der Waals surface area contributed by atoms with Crippen LogP contribution in [0.15, 0.2) is 47.0 Å². The summed E-state index contributed by atoms with van der Waals surface area (Å²) < 4.78 is 10.7. The van der Waals surface area contributed by atoms with Gasteiger partial charge in [-0.3, -0.25) is 10.1 Å². The summed E-state index contributed by atoms with van der Waals surface area (Å²) in [6, 6.07) is 13.9. The molecule has 0 saturated carbocycles. The van der Waals surface area contributed by atoms with Gasteiger partial charge in [0.15, 0.2) is 5.82 Å². The number of benzene rings is 2. The van der Waals surface area contributed by atoms with Crippen molar-refractivity contribution >= 4 is 5.69 Å². The summed E-state index contributed by atoms with van der Waals surface area (Å²) in [5, 5.41) is 14.3. The third-order valence-corrected chi connectivity index (χ3v) is 2.81. The maximum atomic E-state index is 10.6. The van der Waals surface area contributed by atoms with Crippen molar-refractivity contribution in [3.05, 3.63) is 64.5 Å². The minimum Gasteiger partial charge on any atom is -0.457 e. The van der Waals surface area contributed by atoms with Gasteiger partial charge in [-0.25, -0.2) is 0 Å². The molecule has 0 amide bonds. The molecule has 0 aliphatic heterocycles. The Bertz CT molecular complexity index is 812. The van der Waals surface area contributed by atoms with E-state index in [2.05, 4.69) is 16.2 Å². The Morgan fingerprint density at radius 2 is 2.14 bits per heavy atom. The van der Waals surface area contributed by atoms with E-state index >= 15 is 0 Å². The first-order valence-electron chi connectivity index (χ1n) is 6.36. The predicted octanol–water partition coefficient (Wildman–Crippen LogP) is 3.55. The summed E-state index contributed by atoms with van der Waals surface area (Å²) in [6.45, 7) is 1.74. The monoisotopic (exact) mass is 296 g/mol. The number of aryl methyl sites for hydroxylation is 1. The van der Waals surface area contributed by atoms with E-state index in [0.29, 0.717) is 23.2 Å². The van der Waals surface area contributed by atoms with Gasteiger partial charge in [-0.2, -0.15) is 4.98 Å². The molecule has 22 heavy (non-hydrogen) atoms. The fourth-order valence-corrected chi connectivity index (χ4v) is 1.82. The van der Waals surface area contributed by atoms with E-state index in [0.717, 1.165) is 5.56 Å². The number of ether oxygens (including phenoxy) is 1. The lowest BCUT2D eigenvalue weighted by Crippen LogP contribution is -1.89. The predicted molar refractivity (Wildman–Crippen MR) is 76.5 cm³/mol. The van der Waals surface area contributed by atoms with Crippen LogP contribution in [0.5, 0.6) is 11.5 Å². The van der Waals surface area contributed by atoms with Crippen molar-refractivity contribution in [3.63, 3.8) is 0 Å². The van der Waals surface area contributed by atoms with E-state index in [4.69, 9.17) is 9.26 Å². The normalized spacial score (nSPS) is 10.4. The van der Waals surface area contributed by atoms with Gasteiger partial charge >= 0.3 is 0 Å². The number of hydrogen-bond donors (Lipinski definition) is 0. The highest BCUT2D eigenvalue weighted by Crippen LogP contribution is 2.27. The minimum atomic E-state index is -0.512. The van der Waals surface area contributed by atoms with Crippen molar-refractivity contribution in [2.24, 2.45) is 0 Å². The summed E-state index contributed by atoms with van der Waals surface area (Å²) in [5.41, 5.74) is 0.617. The molecule has 109 valence electrons. The van der Waals surface area contributed by atoms with Crippen LogP contribution in [0, 0.1) is 23.1 Å². The first kappa shape index (κ1) is 13.7. The molecule has 0 saturated heterocycles. The second-order valence-electron chi connectivity index (χ2n) is 4.44. The van der Waals surface area contributed by atoms with Crippen molar-refractivity contribution in [2.75, 3.05) is 0 Å². The molecule has 0 bridgehead atoms. The van der Waals surface area contributed by atoms with Crippen LogP contribution in [0.25, 0.3) is 11.5 Å². The van der Waals surface area contributed by atoms with E-state index in [-0.39, 0.29) is 5.69 Å². The molecule has 1 aromatic heterocycles. The first-order valence-corrected chi connectivity index (χ1v) is 6.36. The molecule has 7 nitrogen and oxygen atoms in total. The highest BCUT2D eigenvalue weighted by atomic mass is 16.6. The van der Waals surface area contributed by atoms with Gasteiger partial charge < -0.3 is 9.26 Å². The van der Waals surface area contributed by atoms with Gasteiger partial charge in [0, 0.05) is 11.6 Å². The zero-order valence-electron chi connectivity index (χ0n) is 11.5. The summed E-state index contributed by atoms with van der Waals surface area (Å²) >= 11 is 0. The van der Waals surface area contributed by atoms with Crippen LogP contribution in [0.4, 0.5) is 5.69 Å². The van der Waals surface area contributed by atoms with Gasteiger partial charge in [0.25, 0.3) is 11.6 Å². The van der Waals surface area contributed by atoms with Crippen LogP contribution in [-0.4, -0.2) is 15.1 Å². The molecule has 0 unspecified atom stereocenters. The number of non-ortho nitro benzene ring substituents is 1. The van der Waals surface area contributed by atoms with Crippen molar-refractivity contribution in [1.29, 1.82) is 0 Å². The SMILES string of the molecule is Cc1noc(-c2cccc(Oc3c[c]c([N+](=O)[O-])cc3)c2)n1. The smallest absolute Gasteiger partial charge is 0.277 e. The summed E-state index contributed by atoms with van der Waals surface area (Å²) in [4.78, 5) is 14.2. The fraction of sp³-hybridized carbons (Fsp3) is 0.0667. The lowest BCUT2D eigenvalue weighted by Gasteiger charge is -2.05. The third kappa shape index (κ3) is 2.93. The van der Waals surface area contributed by atoms with Gasteiger partial charge in [-0.15, -0.1) is 0 Å². The third-order valence-electron chi connectivity index (χ3n) is 2.81. The van der Waals surface area contributed by atoms with Gasteiger partial charge in [-0.1, -0.05) is 11.2 Å². The number of aromatic nitrogens is 2. The highest BCUT2D eigenvalue weighted by Gasteiger charge is 2.09. The number of rotatable bonds is 4. The maximum Gasteiger partial charge on any atom is 0.277 e. The first-order chi connectivity index (χ1) is 10.6. The molecule has 2 aromatic carbocycles. The molecule has 0 atom stereocenters. The minimum absolute atomic E-state index is 0.109. The fourth-order valence-electron chi connectivity index (χ4n) is 1.82. The molecule has 7 heteroatoms. The van der Waals surface area contributed by atoms with Gasteiger partial charge in [0.2, 0.25) is 0 Å². The number of nitro benzene ring substituents is 1. The van der Waals surface area contributed by atoms with Crippen LogP contribution in [0.3, 0.4) is 0 Å². The molecular formula is C15H10N3O4. The standard InChI is InChI=1S/C15H10N3O4/c1-10-16-15(22-17-10)11-3-2-4-14(9-11)21-13-7-5-12(6-8-13)18(19)20/h2-5,7-9H,1H3. The Labute approximate surface area is 125 Å². The van der Waals surface area contributed by atoms with Crippen LogP contribution in [-0.2, 0) is 0 Å². The Morgan fingerprint density at radius 1 is 1.27 bits per heavy atom. The van der Waals surface area contributed by atoms with Crippen LogP contribution in [0.1, 0.15) is 5.82 Å².